The van der Waals surface area contributed by atoms with Crippen LogP contribution in [0.4, 0.5) is 5.69 Å². The van der Waals surface area contributed by atoms with Gasteiger partial charge < -0.3 is 15.4 Å². The normalized spacial score (nSPS) is 23.9. The quantitative estimate of drug-likeness (QED) is 0.858. The number of para-hydroxylation sites is 2. The predicted molar refractivity (Wildman–Crippen MR) is 74.4 cm³/mol. The number of hydrogen-bond acceptors (Lipinski definition) is 3. The van der Waals surface area contributed by atoms with E-state index >= 15 is 0 Å². The molecule has 0 spiro atoms. The maximum Gasteiger partial charge on any atom is 0.263 e. The molecule has 0 aromatic heterocycles. The highest BCUT2D eigenvalue weighted by atomic mass is 16.5. The van der Waals surface area contributed by atoms with Crippen molar-refractivity contribution in [3.63, 3.8) is 0 Å². The lowest BCUT2D eigenvalue weighted by Gasteiger charge is -2.31. The first-order valence-corrected chi connectivity index (χ1v) is 6.98. The van der Waals surface area contributed by atoms with Gasteiger partial charge in [-0.25, -0.2) is 0 Å². The third-order valence-corrected chi connectivity index (χ3v) is 4.06. The largest absolute Gasteiger partial charge is 0.477 e. The topological polar surface area (TPSA) is 50.4 Å². The molecular formula is C15H20N2O2. The number of fused-ring (bicyclic) bond motifs is 1. The fraction of sp³-hybridized carbons (Fsp3) is 0.533. The summed E-state index contributed by atoms with van der Waals surface area (Å²) >= 11 is 0. The average molecular weight is 260 g/mol. The smallest absolute Gasteiger partial charge is 0.263 e. The molecule has 1 aromatic rings. The van der Waals surface area contributed by atoms with Gasteiger partial charge in [-0.15, -0.1) is 0 Å². The molecule has 1 aromatic carbocycles. The van der Waals surface area contributed by atoms with Gasteiger partial charge in [-0.05, 0) is 31.9 Å². The van der Waals surface area contributed by atoms with Crippen LogP contribution >= 0.6 is 0 Å². The molecule has 2 aliphatic rings. The van der Waals surface area contributed by atoms with Crippen LogP contribution < -0.4 is 15.4 Å². The Labute approximate surface area is 113 Å². The molecule has 2 N–H and O–H groups in total. The minimum absolute atomic E-state index is 0.00796. The lowest BCUT2D eigenvalue weighted by molar-refractivity contribution is -0.129. The summed E-state index contributed by atoms with van der Waals surface area (Å²) in [6, 6.07) is 7.72. The molecule has 0 saturated heterocycles. The number of carbonyl (C=O) groups excluding carboxylic acids is 1. The fourth-order valence-electron chi connectivity index (χ4n) is 2.92. The lowest BCUT2D eigenvalue weighted by atomic mass is 10.0. The second-order valence-corrected chi connectivity index (χ2v) is 5.74. The van der Waals surface area contributed by atoms with Gasteiger partial charge >= 0.3 is 0 Å². The van der Waals surface area contributed by atoms with E-state index in [0.717, 1.165) is 24.3 Å². The maximum atomic E-state index is 12.3. The minimum atomic E-state index is -0.438. The Morgan fingerprint density at radius 3 is 2.89 bits per heavy atom. The van der Waals surface area contributed by atoms with E-state index in [-0.39, 0.29) is 11.4 Å². The van der Waals surface area contributed by atoms with Crippen LogP contribution in [0.5, 0.6) is 5.75 Å². The van der Waals surface area contributed by atoms with Crippen molar-refractivity contribution in [2.24, 2.45) is 0 Å². The van der Waals surface area contributed by atoms with Crippen LogP contribution in [-0.4, -0.2) is 24.1 Å². The molecule has 1 atom stereocenters. The summed E-state index contributed by atoms with van der Waals surface area (Å²) in [5.41, 5.74) is 0.913. The molecule has 1 unspecified atom stereocenters. The van der Waals surface area contributed by atoms with E-state index in [1.165, 1.54) is 12.8 Å². The Morgan fingerprint density at radius 2 is 2.11 bits per heavy atom. The van der Waals surface area contributed by atoms with Gasteiger partial charge in [0.05, 0.1) is 12.2 Å². The number of nitrogens with one attached hydrogen (secondary N) is 2. The van der Waals surface area contributed by atoms with Crippen molar-refractivity contribution in [1.29, 1.82) is 0 Å². The van der Waals surface area contributed by atoms with Crippen LogP contribution in [0.1, 0.15) is 32.6 Å². The van der Waals surface area contributed by atoms with Crippen LogP contribution in [0.25, 0.3) is 0 Å². The number of amides is 1. The fourth-order valence-corrected chi connectivity index (χ4v) is 2.92. The number of hydrogen-bond donors (Lipinski definition) is 2. The van der Waals surface area contributed by atoms with Crippen molar-refractivity contribution in [3.05, 3.63) is 24.3 Å². The first-order chi connectivity index (χ1) is 9.16. The Balaban J connectivity index is 1.66. The number of carbonyl (C=O) groups is 1. The molecule has 19 heavy (non-hydrogen) atoms. The summed E-state index contributed by atoms with van der Waals surface area (Å²) in [7, 11) is 0. The zero-order valence-electron chi connectivity index (χ0n) is 11.2. The van der Waals surface area contributed by atoms with Gasteiger partial charge in [-0.2, -0.15) is 0 Å². The van der Waals surface area contributed by atoms with E-state index in [9.17, 15) is 4.79 Å². The van der Waals surface area contributed by atoms with Crippen LogP contribution in [0.2, 0.25) is 0 Å². The number of anilines is 1. The van der Waals surface area contributed by atoms with Crippen molar-refractivity contribution in [3.8, 4) is 5.75 Å². The van der Waals surface area contributed by atoms with Crippen LogP contribution in [0.15, 0.2) is 24.3 Å². The molecule has 4 nitrogen and oxygen atoms in total. The lowest BCUT2D eigenvalue weighted by Crippen LogP contribution is -2.52. The Kier molecular flexibility index (Phi) is 3.09. The Morgan fingerprint density at radius 1 is 1.37 bits per heavy atom. The maximum absolute atomic E-state index is 12.3. The molecule has 1 heterocycles. The van der Waals surface area contributed by atoms with Crippen molar-refractivity contribution in [2.75, 3.05) is 11.9 Å². The molecule has 0 radical (unpaired) electrons. The molecule has 3 rings (SSSR count). The standard InChI is InChI=1S/C15H20N2O2/c1-15(8-4-5-9-15)17-14(18)13-10-16-11-6-2-3-7-12(11)19-13/h2-3,6-7,13,16H,4-5,8-10H2,1H3,(H,17,18). The van der Waals surface area contributed by atoms with E-state index in [1.807, 2.05) is 24.3 Å². The molecule has 1 aliphatic heterocycles. The van der Waals surface area contributed by atoms with Crippen molar-refractivity contribution >= 4 is 11.6 Å². The summed E-state index contributed by atoms with van der Waals surface area (Å²) in [5, 5.41) is 6.40. The van der Waals surface area contributed by atoms with Crippen molar-refractivity contribution < 1.29 is 9.53 Å². The van der Waals surface area contributed by atoms with E-state index in [0.29, 0.717) is 6.54 Å². The first-order valence-electron chi connectivity index (χ1n) is 6.98. The number of benzene rings is 1. The molecule has 1 aliphatic carbocycles. The molecule has 102 valence electrons. The Bertz CT molecular complexity index is 481. The van der Waals surface area contributed by atoms with Gasteiger partial charge in [0.15, 0.2) is 6.10 Å². The van der Waals surface area contributed by atoms with Gasteiger partial charge in [0.2, 0.25) is 0 Å². The van der Waals surface area contributed by atoms with Gasteiger partial charge in [-0.1, -0.05) is 25.0 Å². The minimum Gasteiger partial charge on any atom is -0.477 e. The molecule has 1 fully saturated rings. The predicted octanol–water partition coefficient (Wildman–Crippen LogP) is 2.31. The molecule has 4 heteroatoms. The van der Waals surface area contributed by atoms with Gasteiger partial charge in [0.25, 0.3) is 5.91 Å². The van der Waals surface area contributed by atoms with Gasteiger partial charge in [0.1, 0.15) is 5.75 Å². The average Bonchev–Trinajstić information content (AvgIpc) is 2.84. The molecule has 1 saturated carbocycles. The summed E-state index contributed by atoms with van der Waals surface area (Å²) in [6.45, 7) is 2.65. The molecule has 1 amide bonds. The second kappa shape index (κ2) is 4.76. The summed E-state index contributed by atoms with van der Waals surface area (Å²) in [4.78, 5) is 12.3. The van der Waals surface area contributed by atoms with Crippen molar-refractivity contribution in [1.82, 2.24) is 5.32 Å². The summed E-state index contributed by atoms with van der Waals surface area (Å²) in [6.07, 6.45) is 4.09. The van der Waals surface area contributed by atoms with Crippen LogP contribution in [-0.2, 0) is 4.79 Å². The van der Waals surface area contributed by atoms with Crippen LogP contribution in [0.3, 0.4) is 0 Å². The SMILES string of the molecule is CC1(NC(=O)C2CNc3ccccc3O2)CCCC1. The van der Waals surface area contributed by atoms with E-state index in [2.05, 4.69) is 17.6 Å². The van der Waals surface area contributed by atoms with E-state index in [1.54, 1.807) is 0 Å². The monoisotopic (exact) mass is 260 g/mol. The summed E-state index contributed by atoms with van der Waals surface area (Å²) < 4.78 is 5.77. The molecule has 0 bridgehead atoms. The summed E-state index contributed by atoms with van der Waals surface area (Å²) in [5.74, 6) is 0.747. The zero-order chi connectivity index (χ0) is 13.3. The zero-order valence-corrected chi connectivity index (χ0v) is 11.2. The number of ether oxygens (including phenoxy) is 1. The van der Waals surface area contributed by atoms with Gasteiger partial charge in [-0.3, -0.25) is 4.79 Å². The second-order valence-electron chi connectivity index (χ2n) is 5.74. The van der Waals surface area contributed by atoms with Crippen molar-refractivity contribution in [2.45, 2.75) is 44.2 Å². The highest BCUT2D eigenvalue weighted by Crippen LogP contribution is 2.31. The van der Waals surface area contributed by atoms with E-state index < -0.39 is 6.10 Å². The third-order valence-electron chi connectivity index (χ3n) is 4.06. The number of rotatable bonds is 2. The first kappa shape index (κ1) is 12.3. The Hall–Kier alpha value is -1.71. The third kappa shape index (κ3) is 2.53. The molecular weight excluding hydrogens is 240 g/mol. The van der Waals surface area contributed by atoms with E-state index in [4.69, 9.17) is 4.74 Å². The van der Waals surface area contributed by atoms with Crippen LogP contribution in [0, 0.1) is 0 Å². The highest BCUT2D eigenvalue weighted by molar-refractivity contribution is 5.83. The highest BCUT2D eigenvalue weighted by Gasteiger charge is 2.34. The van der Waals surface area contributed by atoms with Gasteiger partial charge in [0, 0.05) is 5.54 Å².